The lowest BCUT2D eigenvalue weighted by molar-refractivity contribution is -0.148. The van der Waals surface area contributed by atoms with Crippen LogP contribution >= 0.6 is 15.9 Å². The molecule has 0 spiro atoms. The van der Waals surface area contributed by atoms with Crippen molar-refractivity contribution in [1.82, 2.24) is 0 Å². The van der Waals surface area contributed by atoms with Crippen molar-refractivity contribution in [2.75, 3.05) is 11.9 Å². The van der Waals surface area contributed by atoms with E-state index in [0.717, 1.165) is 17.3 Å². The number of aryl methyl sites for hydroxylation is 1. The number of benzene rings is 1. The molecule has 1 aromatic rings. The number of halogens is 1. The van der Waals surface area contributed by atoms with Crippen LogP contribution in [0.3, 0.4) is 0 Å². The van der Waals surface area contributed by atoms with E-state index in [2.05, 4.69) is 28.1 Å². The van der Waals surface area contributed by atoms with Crippen LogP contribution in [0.2, 0.25) is 0 Å². The summed E-state index contributed by atoms with van der Waals surface area (Å²) in [6.07, 6.45) is 0.965. The minimum absolute atomic E-state index is 0.170. The zero-order valence-corrected chi connectivity index (χ0v) is 12.2. The molecule has 0 atom stereocenters. The average Bonchev–Trinajstić information content (AvgIpc) is 2.30. The first-order chi connectivity index (χ1) is 8.02. The number of carbonyl (C=O) groups excluding carboxylic acids is 1. The minimum Gasteiger partial charge on any atom is -0.465 e. The van der Waals surface area contributed by atoms with Gasteiger partial charge in [0, 0.05) is 5.33 Å². The first kappa shape index (κ1) is 14.2. The van der Waals surface area contributed by atoms with Crippen molar-refractivity contribution in [1.29, 1.82) is 0 Å². The Morgan fingerprint density at radius 3 is 2.71 bits per heavy atom. The number of esters is 1. The lowest BCUT2D eigenvalue weighted by Gasteiger charge is -2.23. The Bertz CT molecular complexity index is 386. The van der Waals surface area contributed by atoms with E-state index in [1.807, 2.05) is 32.9 Å². The maximum absolute atomic E-state index is 11.9. The van der Waals surface area contributed by atoms with Crippen LogP contribution < -0.4 is 0 Å². The van der Waals surface area contributed by atoms with E-state index < -0.39 is 5.41 Å². The molecule has 0 heterocycles. The van der Waals surface area contributed by atoms with Crippen LogP contribution in [0.5, 0.6) is 0 Å². The molecular formula is C14H19BrO2. The van der Waals surface area contributed by atoms with Gasteiger partial charge in [-0.1, -0.05) is 40.2 Å². The average molecular weight is 299 g/mol. The van der Waals surface area contributed by atoms with Gasteiger partial charge in [0.1, 0.15) is 0 Å². The van der Waals surface area contributed by atoms with Gasteiger partial charge in [0.2, 0.25) is 0 Å². The molecular weight excluding hydrogens is 280 g/mol. The summed E-state index contributed by atoms with van der Waals surface area (Å²) in [5, 5.41) is 0.927. The molecule has 0 N–H and O–H groups in total. The molecule has 2 nitrogen and oxygen atoms in total. The molecule has 0 aliphatic heterocycles. The van der Waals surface area contributed by atoms with Crippen molar-refractivity contribution in [2.24, 2.45) is 0 Å². The van der Waals surface area contributed by atoms with Crippen LogP contribution in [0.4, 0.5) is 0 Å². The van der Waals surface area contributed by atoms with E-state index in [-0.39, 0.29) is 5.97 Å². The van der Waals surface area contributed by atoms with Gasteiger partial charge in [0.05, 0.1) is 12.0 Å². The number of hydrogen-bond acceptors (Lipinski definition) is 2. The normalized spacial score (nSPS) is 11.3. The van der Waals surface area contributed by atoms with E-state index in [0.29, 0.717) is 6.61 Å². The fourth-order valence-corrected chi connectivity index (χ4v) is 2.11. The molecule has 0 amide bonds. The summed E-state index contributed by atoms with van der Waals surface area (Å²) in [4.78, 5) is 11.9. The Morgan fingerprint density at radius 2 is 2.12 bits per heavy atom. The number of ether oxygens (including phenoxy) is 1. The second-order valence-corrected chi connectivity index (χ2v) is 5.28. The lowest BCUT2D eigenvalue weighted by atomic mass is 9.84. The molecule has 0 aromatic heterocycles. The Morgan fingerprint density at radius 1 is 1.41 bits per heavy atom. The molecule has 0 fully saturated rings. The van der Waals surface area contributed by atoms with Crippen molar-refractivity contribution in [3.05, 3.63) is 35.4 Å². The maximum Gasteiger partial charge on any atom is 0.315 e. The van der Waals surface area contributed by atoms with Crippen molar-refractivity contribution >= 4 is 21.9 Å². The third kappa shape index (κ3) is 3.56. The number of rotatable bonds is 5. The van der Waals surface area contributed by atoms with Gasteiger partial charge in [0.25, 0.3) is 0 Å². The summed E-state index contributed by atoms with van der Waals surface area (Å²) in [6.45, 7) is 6.05. The Labute approximate surface area is 111 Å². The fraction of sp³-hybridized carbons (Fsp3) is 0.500. The topological polar surface area (TPSA) is 26.3 Å². The van der Waals surface area contributed by atoms with Gasteiger partial charge in [0.15, 0.2) is 0 Å². The highest BCUT2D eigenvalue weighted by Crippen LogP contribution is 2.25. The number of hydrogen-bond donors (Lipinski definition) is 0. The lowest BCUT2D eigenvalue weighted by Crippen LogP contribution is -2.31. The van der Waals surface area contributed by atoms with Gasteiger partial charge in [-0.15, -0.1) is 0 Å². The van der Waals surface area contributed by atoms with Crippen molar-refractivity contribution in [2.45, 2.75) is 32.6 Å². The number of carbonyl (C=O) groups is 1. The van der Waals surface area contributed by atoms with E-state index in [1.54, 1.807) is 0 Å². The zero-order valence-electron chi connectivity index (χ0n) is 10.6. The van der Waals surface area contributed by atoms with Gasteiger partial charge in [-0.05, 0) is 38.3 Å². The number of alkyl halides is 1. The molecule has 17 heavy (non-hydrogen) atoms. The predicted molar refractivity (Wildman–Crippen MR) is 73.6 cm³/mol. The van der Waals surface area contributed by atoms with Crippen molar-refractivity contribution < 1.29 is 9.53 Å². The van der Waals surface area contributed by atoms with Gasteiger partial charge in [-0.25, -0.2) is 0 Å². The van der Waals surface area contributed by atoms with Crippen LogP contribution in [-0.4, -0.2) is 17.9 Å². The highest BCUT2D eigenvalue weighted by atomic mass is 79.9. The molecule has 3 heteroatoms. The Kier molecular flexibility index (Phi) is 5.19. The third-order valence-electron chi connectivity index (χ3n) is 2.82. The molecule has 0 aliphatic rings. The largest absolute Gasteiger partial charge is 0.465 e. The Balaban J connectivity index is 2.97. The first-order valence-corrected chi connectivity index (χ1v) is 6.97. The minimum atomic E-state index is -0.585. The van der Waals surface area contributed by atoms with E-state index in [4.69, 9.17) is 4.74 Å². The van der Waals surface area contributed by atoms with Gasteiger partial charge >= 0.3 is 5.97 Å². The summed E-state index contributed by atoms with van der Waals surface area (Å²) in [7, 11) is 0. The monoisotopic (exact) mass is 298 g/mol. The molecule has 94 valence electrons. The van der Waals surface area contributed by atoms with Crippen LogP contribution in [0.15, 0.2) is 24.3 Å². The molecule has 0 saturated heterocycles. The standard InChI is InChI=1S/C14H19BrO2/c1-4-17-13(16)14(2,3)12-7-5-6-11(10-12)8-9-15/h5-7,10H,4,8-9H2,1-3H3. The molecule has 0 radical (unpaired) electrons. The maximum atomic E-state index is 11.9. The highest BCUT2D eigenvalue weighted by Gasteiger charge is 2.31. The molecule has 1 aromatic carbocycles. The molecule has 0 unspecified atom stereocenters. The summed E-state index contributed by atoms with van der Waals surface area (Å²) in [6, 6.07) is 8.13. The summed E-state index contributed by atoms with van der Waals surface area (Å²) in [5.74, 6) is -0.170. The van der Waals surface area contributed by atoms with Crippen molar-refractivity contribution in [3.63, 3.8) is 0 Å². The van der Waals surface area contributed by atoms with E-state index in [9.17, 15) is 4.79 Å². The second-order valence-electron chi connectivity index (χ2n) is 4.48. The van der Waals surface area contributed by atoms with E-state index in [1.165, 1.54) is 5.56 Å². The van der Waals surface area contributed by atoms with Crippen LogP contribution in [0.25, 0.3) is 0 Å². The van der Waals surface area contributed by atoms with Gasteiger partial charge in [-0.2, -0.15) is 0 Å². The van der Waals surface area contributed by atoms with Crippen LogP contribution in [0.1, 0.15) is 31.9 Å². The summed E-state index contributed by atoms with van der Waals surface area (Å²) < 4.78 is 5.11. The van der Waals surface area contributed by atoms with Crippen LogP contribution in [-0.2, 0) is 21.4 Å². The smallest absolute Gasteiger partial charge is 0.315 e. The summed E-state index contributed by atoms with van der Waals surface area (Å²) >= 11 is 3.42. The SMILES string of the molecule is CCOC(=O)C(C)(C)c1cccc(CCBr)c1. The van der Waals surface area contributed by atoms with Crippen LogP contribution in [0, 0.1) is 0 Å². The molecule has 0 bridgehead atoms. The molecule has 0 aliphatic carbocycles. The Hall–Kier alpha value is -0.830. The zero-order chi connectivity index (χ0) is 12.9. The quantitative estimate of drug-likeness (QED) is 0.615. The summed E-state index contributed by atoms with van der Waals surface area (Å²) in [5.41, 5.74) is 1.66. The highest BCUT2D eigenvalue weighted by molar-refractivity contribution is 9.09. The predicted octanol–water partition coefficient (Wildman–Crippen LogP) is 3.46. The fourth-order valence-electron chi connectivity index (χ4n) is 1.65. The van der Waals surface area contributed by atoms with Gasteiger partial charge in [-0.3, -0.25) is 4.79 Å². The second kappa shape index (κ2) is 6.20. The first-order valence-electron chi connectivity index (χ1n) is 5.85. The molecule has 0 saturated carbocycles. The van der Waals surface area contributed by atoms with Crippen molar-refractivity contribution in [3.8, 4) is 0 Å². The third-order valence-corrected chi connectivity index (χ3v) is 3.21. The molecule has 1 rings (SSSR count). The van der Waals surface area contributed by atoms with E-state index >= 15 is 0 Å². The van der Waals surface area contributed by atoms with Gasteiger partial charge < -0.3 is 4.74 Å².